The van der Waals surface area contributed by atoms with Gasteiger partial charge in [0.15, 0.2) is 24.0 Å². The van der Waals surface area contributed by atoms with Crippen LogP contribution in [0.5, 0.6) is 5.88 Å². The number of aliphatic hydroxyl groups excluding tert-OH is 1. The van der Waals surface area contributed by atoms with Crippen molar-refractivity contribution in [3.63, 3.8) is 0 Å². The van der Waals surface area contributed by atoms with Crippen molar-refractivity contribution in [2.75, 3.05) is 39.3 Å². The number of aliphatic hydroxyl groups is 2. The van der Waals surface area contributed by atoms with E-state index in [-0.39, 0.29) is 48.5 Å². The van der Waals surface area contributed by atoms with Crippen LogP contribution in [0.25, 0.3) is 11.2 Å². The first-order valence-corrected chi connectivity index (χ1v) is 14.9. The molecule has 1 aliphatic heterocycles. The fourth-order valence-electron chi connectivity index (χ4n) is 4.33. The molecule has 17 nitrogen and oxygen atoms in total. The first kappa shape index (κ1) is 33.6. The Labute approximate surface area is 242 Å². The third-order valence-electron chi connectivity index (χ3n) is 6.27. The first-order valence-electron chi connectivity index (χ1n) is 13.3. The number of hydrogen-bond acceptors (Lipinski definition) is 15. The number of nitrogen functional groups attached to an aromatic ring is 1. The van der Waals surface area contributed by atoms with E-state index in [2.05, 4.69) is 20.0 Å². The smallest absolute Gasteiger partial charge is 0.406 e. The number of hydrogen-bond donors (Lipinski definition) is 4. The van der Waals surface area contributed by atoms with Crippen molar-refractivity contribution in [1.82, 2.24) is 24.6 Å². The second kappa shape index (κ2) is 14.0. The van der Waals surface area contributed by atoms with Crippen LogP contribution in [0.1, 0.15) is 47.3 Å². The predicted molar refractivity (Wildman–Crippen MR) is 146 cm³/mol. The Morgan fingerprint density at radius 2 is 1.93 bits per heavy atom. The number of methoxy groups -OCH3 is 1. The molecular formula is C24H39N6O11P. The monoisotopic (exact) mass is 618 g/mol. The lowest BCUT2D eigenvalue weighted by atomic mass is 9.96. The van der Waals surface area contributed by atoms with Gasteiger partial charge in [-0.05, 0) is 33.1 Å². The minimum Gasteiger partial charge on any atom is -0.479 e. The van der Waals surface area contributed by atoms with E-state index >= 15 is 0 Å². The highest BCUT2D eigenvalue weighted by Crippen LogP contribution is 2.47. The molecule has 3 rings (SSSR count). The Hall–Kier alpha value is -2.92. The molecule has 0 aromatic carbocycles. The molecule has 2 aromatic rings. The summed E-state index contributed by atoms with van der Waals surface area (Å²) in [6.07, 6.45) is -2.59. The maximum Gasteiger partial charge on any atom is 0.406 e. The van der Waals surface area contributed by atoms with Gasteiger partial charge >= 0.3 is 19.7 Å². The van der Waals surface area contributed by atoms with Crippen molar-refractivity contribution >= 4 is 36.8 Å². The number of rotatable bonds is 15. The molecule has 0 aliphatic carbocycles. The summed E-state index contributed by atoms with van der Waals surface area (Å²) in [5, 5.41) is 24.8. The number of carbonyl (C=O) groups excluding carboxylic acids is 2. The number of nitrogens with two attached hydrogens (primary N) is 1. The van der Waals surface area contributed by atoms with Crippen LogP contribution in [0.2, 0.25) is 0 Å². The summed E-state index contributed by atoms with van der Waals surface area (Å²) in [7, 11) is -3.06. The van der Waals surface area contributed by atoms with Crippen LogP contribution in [0.3, 0.4) is 0 Å². The third-order valence-corrected chi connectivity index (χ3v) is 7.85. The molecule has 2 unspecified atom stereocenters. The number of nitrogens with zero attached hydrogens (tertiary/aromatic N) is 4. The minimum atomic E-state index is -4.44. The van der Waals surface area contributed by atoms with Crippen molar-refractivity contribution in [2.24, 2.45) is 5.92 Å². The van der Waals surface area contributed by atoms with Gasteiger partial charge in [0.05, 0.1) is 33.3 Å². The molecule has 3 heterocycles. The maximum absolute atomic E-state index is 13.8. The van der Waals surface area contributed by atoms with E-state index in [9.17, 15) is 24.4 Å². The Kier molecular flexibility index (Phi) is 11.2. The molecule has 0 saturated carbocycles. The summed E-state index contributed by atoms with van der Waals surface area (Å²) in [6.45, 7) is 7.02. The van der Waals surface area contributed by atoms with E-state index in [0.29, 0.717) is 0 Å². The number of nitrogens with one attached hydrogen (secondary N) is 1. The van der Waals surface area contributed by atoms with Crippen molar-refractivity contribution in [3.05, 3.63) is 6.33 Å². The van der Waals surface area contributed by atoms with Gasteiger partial charge in [0.25, 0.3) is 0 Å². The summed E-state index contributed by atoms with van der Waals surface area (Å²) in [5.41, 5.74) is 4.26. The number of carbonyl (C=O) groups is 2. The molecule has 0 bridgehead atoms. The zero-order valence-corrected chi connectivity index (χ0v) is 25.3. The minimum absolute atomic E-state index is 0.0253. The summed E-state index contributed by atoms with van der Waals surface area (Å²) >= 11 is 0. The van der Waals surface area contributed by atoms with Crippen molar-refractivity contribution < 1.29 is 52.4 Å². The van der Waals surface area contributed by atoms with Gasteiger partial charge in [0.1, 0.15) is 23.9 Å². The number of imidazole rings is 1. The summed E-state index contributed by atoms with van der Waals surface area (Å²) < 4.78 is 47.1. The van der Waals surface area contributed by atoms with Gasteiger partial charge in [-0.1, -0.05) is 13.8 Å². The molecule has 6 atom stereocenters. The Balaban J connectivity index is 1.85. The first-order chi connectivity index (χ1) is 19.8. The molecule has 5 N–H and O–H groups in total. The summed E-state index contributed by atoms with van der Waals surface area (Å²) in [6, 6.07) is -1.11. The van der Waals surface area contributed by atoms with Crippen LogP contribution in [0.4, 0.5) is 5.95 Å². The molecule has 18 heteroatoms. The standard InChI is InChI=1S/C24H39N6O11P/c1-7-37-16(31)11-40-42(35,29-14(9-13(3)4)21(33)38-8-2)39-10-15-18(32)24(5,34)22(41-15)30-12-26-17-19(30)27-23(25)28-20(17)36-6/h12-15,18,22,32,34H,7-11H2,1-6H3,(H,29,35)(H2,25,27,28)/t14-,15+,18?,22+,24-,42?/m0/s1. The van der Waals surface area contributed by atoms with Crippen molar-refractivity contribution in [3.8, 4) is 5.88 Å². The molecule has 0 radical (unpaired) electrons. The molecule has 236 valence electrons. The molecule has 42 heavy (non-hydrogen) atoms. The molecule has 0 amide bonds. The van der Waals surface area contributed by atoms with Gasteiger partial charge in [-0.3, -0.25) is 18.4 Å². The highest BCUT2D eigenvalue weighted by molar-refractivity contribution is 7.51. The largest absolute Gasteiger partial charge is 0.479 e. The summed E-state index contributed by atoms with van der Waals surface area (Å²) in [5.74, 6) is -1.56. The van der Waals surface area contributed by atoms with E-state index in [4.69, 9.17) is 33.7 Å². The zero-order chi connectivity index (χ0) is 31.2. The highest BCUT2D eigenvalue weighted by Gasteiger charge is 2.54. The van der Waals surface area contributed by atoms with Crippen LogP contribution in [-0.4, -0.2) is 99.1 Å². The molecule has 1 fully saturated rings. The topological polar surface area (TPSA) is 229 Å². The SMILES string of the molecule is CCOC(=O)COP(=O)(N[C@@H](CC(C)C)C(=O)OCC)OC[C@H]1O[C@@H](n2cnc3c(OC)nc(N)nc32)[C@@](C)(O)C1O. The van der Waals surface area contributed by atoms with Crippen LogP contribution in [-0.2, 0) is 37.4 Å². The second-order valence-electron chi connectivity index (χ2n) is 10.0. The van der Waals surface area contributed by atoms with Crippen molar-refractivity contribution in [1.29, 1.82) is 0 Å². The number of fused-ring (bicyclic) bond motifs is 1. The Bertz CT molecular complexity index is 1290. The molecule has 0 spiro atoms. The molecule has 1 saturated heterocycles. The van der Waals surface area contributed by atoms with Gasteiger partial charge in [-0.2, -0.15) is 9.97 Å². The van der Waals surface area contributed by atoms with Crippen LogP contribution in [0.15, 0.2) is 6.33 Å². The average Bonchev–Trinajstić information content (AvgIpc) is 3.43. The number of ether oxygens (including phenoxy) is 4. The van der Waals surface area contributed by atoms with Gasteiger partial charge in [0, 0.05) is 0 Å². The quantitative estimate of drug-likeness (QED) is 0.159. The lowest BCUT2D eigenvalue weighted by Crippen LogP contribution is -2.44. The van der Waals surface area contributed by atoms with Crippen LogP contribution >= 0.6 is 7.75 Å². The Morgan fingerprint density at radius 1 is 1.24 bits per heavy atom. The highest BCUT2D eigenvalue weighted by atomic mass is 31.2. The molecule has 1 aliphatic rings. The normalized spacial score (nSPS) is 24.5. The molecule has 2 aromatic heterocycles. The van der Waals surface area contributed by atoms with Crippen LogP contribution < -0.4 is 15.6 Å². The van der Waals surface area contributed by atoms with Gasteiger partial charge in [0.2, 0.25) is 11.8 Å². The van der Waals surface area contributed by atoms with Gasteiger partial charge in [-0.15, -0.1) is 0 Å². The van der Waals surface area contributed by atoms with E-state index < -0.39 is 63.0 Å². The van der Waals surface area contributed by atoms with E-state index in [0.717, 1.165) is 0 Å². The maximum atomic E-state index is 13.8. The summed E-state index contributed by atoms with van der Waals surface area (Å²) in [4.78, 5) is 36.9. The fraction of sp³-hybridized carbons (Fsp3) is 0.708. The van der Waals surface area contributed by atoms with Gasteiger partial charge < -0.3 is 34.9 Å². The Morgan fingerprint density at radius 3 is 2.55 bits per heavy atom. The molecular weight excluding hydrogens is 579 g/mol. The van der Waals surface area contributed by atoms with Crippen LogP contribution in [0, 0.1) is 5.92 Å². The second-order valence-corrected chi connectivity index (χ2v) is 11.8. The van der Waals surface area contributed by atoms with E-state index in [1.165, 1.54) is 24.9 Å². The number of esters is 2. The van der Waals surface area contributed by atoms with E-state index in [1.807, 2.05) is 13.8 Å². The zero-order valence-electron chi connectivity index (χ0n) is 24.4. The lowest BCUT2D eigenvalue weighted by molar-refractivity contribution is -0.145. The van der Waals surface area contributed by atoms with E-state index in [1.54, 1.807) is 13.8 Å². The number of anilines is 1. The van der Waals surface area contributed by atoms with Gasteiger partial charge in [-0.25, -0.2) is 19.4 Å². The predicted octanol–water partition coefficient (Wildman–Crippen LogP) is 0.698. The third kappa shape index (κ3) is 7.72. The fourth-order valence-corrected chi connectivity index (χ4v) is 5.76. The number of aromatic nitrogens is 4. The lowest BCUT2D eigenvalue weighted by Gasteiger charge is -2.27. The van der Waals surface area contributed by atoms with Crippen molar-refractivity contribution in [2.45, 2.75) is 71.1 Å². The average molecular weight is 619 g/mol.